The molecule has 1 aromatic carbocycles. The predicted octanol–water partition coefficient (Wildman–Crippen LogP) is 2.71. The normalized spacial score (nSPS) is 11.3. The molecule has 0 aliphatic heterocycles. The van der Waals surface area contributed by atoms with Gasteiger partial charge in [-0.2, -0.15) is 13.2 Å². The largest absolute Gasteiger partial charge is 0.398 e. The molecule has 0 aliphatic carbocycles. The van der Waals surface area contributed by atoms with Gasteiger partial charge in [0.2, 0.25) is 0 Å². The van der Waals surface area contributed by atoms with Crippen LogP contribution in [0.2, 0.25) is 0 Å². The molecule has 0 fully saturated rings. The van der Waals surface area contributed by atoms with E-state index < -0.39 is 25.0 Å². The maximum atomic E-state index is 11.8. The van der Waals surface area contributed by atoms with Gasteiger partial charge >= 0.3 is 6.18 Å². The summed E-state index contributed by atoms with van der Waals surface area (Å²) in [6.07, 6.45) is -5.32. The third-order valence-corrected chi connectivity index (χ3v) is 2.67. The number of anilines is 1. The third-order valence-electron chi connectivity index (χ3n) is 1.95. The molecule has 0 radical (unpaired) electrons. The Morgan fingerprint density at radius 3 is 2.59 bits per heavy atom. The number of carbonyl (C=O) groups is 1. The van der Waals surface area contributed by atoms with E-state index in [0.29, 0.717) is 10.2 Å². The standard InChI is InChI=1S/C10H10BrF3N2O/c11-7-2-1-6(5-8(7)15)9(17)16-4-3-10(12,13)14/h1-2,5H,3-4,15H2,(H,16,17). The minimum Gasteiger partial charge on any atom is -0.398 e. The fraction of sp³-hybridized carbons (Fsp3) is 0.300. The monoisotopic (exact) mass is 310 g/mol. The molecule has 17 heavy (non-hydrogen) atoms. The number of benzene rings is 1. The van der Waals surface area contributed by atoms with E-state index in [4.69, 9.17) is 5.73 Å². The van der Waals surface area contributed by atoms with Crippen LogP contribution in [0, 0.1) is 0 Å². The molecular weight excluding hydrogens is 301 g/mol. The fourth-order valence-electron chi connectivity index (χ4n) is 1.10. The number of carbonyl (C=O) groups excluding carboxylic acids is 1. The molecule has 94 valence electrons. The number of halogens is 4. The molecule has 0 aromatic heterocycles. The molecule has 0 saturated carbocycles. The Hall–Kier alpha value is -1.24. The fourth-order valence-corrected chi connectivity index (χ4v) is 1.35. The summed E-state index contributed by atoms with van der Waals surface area (Å²) in [7, 11) is 0. The number of amides is 1. The number of rotatable bonds is 3. The van der Waals surface area contributed by atoms with Gasteiger partial charge in [0.25, 0.3) is 5.91 Å². The Morgan fingerprint density at radius 1 is 1.41 bits per heavy atom. The van der Waals surface area contributed by atoms with Crippen LogP contribution >= 0.6 is 15.9 Å². The van der Waals surface area contributed by atoms with Crippen molar-refractivity contribution in [2.24, 2.45) is 0 Å². The summed E-state index contributed by atoms with van der Waals surface area (Å²) >= 11 is 3.15. The van der Waals surface area contributed by atoms with Crippen LogP contribution in [-0.4, -0.2) is 18.6 Å². The molecule has 0 spiro atoms. The second kappa shape index (κ2) is 5.39. The Bertz CT molecular complexity index is 421. The number of nitrogens with one attached hydrogen (secondary N) is 1. The van der Waals surface area contributed by atoms with Gasteiger partial charge in [-0.05, 0) is 34.1 Å². The molecule has 1 amide bonds. The lowest BCUT2D eigenvalue weighted by atomic mass is 10.2. The molecule has 7 heteroatoms. The SMILES string of the molecule is Nc1cc(C(=O)NCCC(F)(F)F)ccc1Br. The predicted molar refractivity (Wildman–Crippen MR) is 61.6 cm³/mol. The van der Waals surface area contributed by atoms with E-state index in [-0.39, 0.29) is 5.56 Å². The lowest BCUT2D eigenvalue weighted by Crippen LogP contribution is -2.27. The van der Waals surface area contributed by atoms with E-state index in [1.807, 2.05) is 0 Å². The summed E-state index contributed by atoms with van der Waals surface area (Å²) in [6, 6.07) is 4.43. The van der Waals surface area contributed by atoms with Crippen LogP contribution in [0.5, 0.6) is 0 Å². The summed E-state index contributed by atoms with van der Waals surface area (Å²) in [4.78, 5) is 11.4. The Kier molecular flexibility index (Phi) is 4.39. The van der Waals surface area contributed by atoms with Crippen LogP contribution in [0.15, 0.2) is 22.7 Å². The highest BCUT2D eigenvalue weighted by molar-refractivity contribution is 9.10. The zero-order valence-corrected chi connectivity index (χ0v) is 10.2. The van der Waals surface area contributed by atoms with Crippen LogP contribution in [0.25, 0.3) is 0 Å². The lowest BCUT2D eigenvalue weighted by molar-refractivity contribution is -0.132. The van der Waals surface area contributed by atoms with Crippen molar-refractivity contribution in [1.82, 2.24) is 5.32 Å². The number of nitrogens with two attached hydrogens (primary N) is 1. The number of nitrogen functional groups attached to an aromatic ring is 1. The molecule has 0 saturated heterocycles. The number of hydrogen-bond donors (Lipinski definition) is 2. The maximum absolute atomic E-state index is 11.8. The van der Waals surface area contributed by atoms with E-state index in [0.717, 1.165) is 0 Å². The summed E-state index contributed by atoms with van der Waals surface area (Å²) in [5, 5.41) is 2.17. The van der Waals surface area contributed by atoms with Crippen molar-refractivity contribution >= 4 is 27.5 Å². The first-order valence-corrected chi connectivity index (χ1v) is 5.49. The van der Waals surface area contributed by atoms with Gasteiger partial charge in [0.1, 0.15) is 0 Å². The van der Waals surface area contributed by atoms with Crippen LogP contribution in [0.3, 0.4) is 0 Å². The highest BCUT2D eigenvalue weighted by Crippen LogP contribution is 2.20. The summed E-state index contributed by atoms with van der Waals surface area (Å²) < 4.78 is 36.2. The average molecular weight is 311 g/mol. The lowest BCUT2D eigenvalue weighted by Gasteiger charge is -2.08. The van der Waals surface area contributed by atoms with Crippen LogP contribution in [0.4, 0.5) is 18.9 Å². The zero-order chi connectivity index (χ0) is 13.1. The number of hydrogen-bond acceptors (Lipinski definition) is 2. The molecular formula is C10H10BrF3N2O. The topological polar surface area (TPSA) is 55.1 Å². The van der Waals surface area contributed by atoms with E-state index in [1.54, 1.807) is 6.07 Å². The van der Waals surface area contributed by atoms with Crippen molar-refractivity contribution in [2.75, 3.05) is 12.3 Å². The minimum atomic E-state index is -4.27. The Labute approximate surface area is 104 Å². The van der Waals surface area contributed by atoms with Gasteiger partial charge in [-0.3, -0.25) is 4.79 Å². The Morgan fingerprint density at radius 2 is 2.06 bits per heavy atom. The first kappa shape index (κ1) is 13.8. The number of alkyl halides is 3. The van der Waals surface area contributed by atoms with Crippen molar-refractivity contribution in [3.63, 3.8) is 0 Å². The molecule has 1 aromatic rings. The molecule has 3 nitrogen and oxygen atoms in total. The van der Waals surface area contributed by atoms with Crippen LogP contribution in [-0.2, 0) is 0 Å². The zero-order valence-electron chi connectivity index (χ0n) is 8.64. The van der Waals surface area contributed by atoms with Gasteiger partial charge < -0.3 is 11.1 Å². The molecule has 0 heterocycles. The third kappa shape index (κ3) is 4.64. The molecule has 1 rings (SSSR count). The van der Waals surface area contributed by atoms with E-state index in [2.05, 4.69) is 21.2 Å². The summed E-state index contributed by atoms with van der Waals surface area (Å²) in [5.74, 6) is -0.576. The van der Waals surface area contributed by atoms with Crippen molar-refractivity contribution in [2.45, 2.75) is 12.6 Å². The summed E-state index contributed by atoms with van der Waals surface area (Å²) in [5.41, 5.74) is 6.13. The van der Waals surface area contributed by atoms with Gasteiger partial charge in [-0.25, -0.2) is 0 Å². The molecule has 0 unspecified atom stereocenters. The maximum Gasteiger partial charge on any atom is 0.390 e. The van der Waals surface area contributed by atoms with Gasteiger partial charge in [-0.1, -0.05) is 0 Å². The molecule has 3 N–H and O–H groups in total. The van der Waals surface area contributed by atoms with Gasteiger partial charge in [-0.15, -0.1) is 0 Å². The minimum absolute atomic E-state index is 0.230. The molecule has 0 atom stereocenters. The highest BCUT2D eigenvalue weighted by Gasteiger charge is 2.26. The van der Waals surface area contributed by atoms with Crippen molar-refractivity contribution in [3.8, 4) is 0 Å². The molecule has 0 aliphatic rings. The van der Waals surface area contributed by atoms with Gasteiger partial charge in [0, 0.05) is 22.3 Å². The molecule has 0 bridgehead atoms. The van der Waals surface area contributed by atoms with Crippen molar-refractivity contribution in [3.05, 3.63) is 28.2 Å². The van der Waals surface area contributed by atoms with Crippen LogP contribution < -0.4 is 11.1 Å². The summed E-state index contributed by atoms with van der Waals surface area (Å²) in [6.45, 7) is -0.446. The van der Waals surface area contributed by atoms with Gasteiger partial charge in [0.05, 0.1) is 6.42 Å². The van der Waals surface area contributed by atoms with Gasteiger partial charge in [0.15, 0.2) is 0 Å². The first-order chi connectivity index (χ1) is 7.79. The van der Waals surface area contributed by atoms with E-state index in [9.17, 15) is 18.0 Å². The van der Waals surface area contributed by atoms with Crippen molar-refractivity contribution in [1.29, 1.82) is 0 Å². The first-order valence-electron chi connectivity index (χ1n) is 4.69. The van der Waals surface area contributed by atoms with Crippen molar-refractivity contribution < 1.29 is 18.0 Å². The van der Waals surface area contributed by atoms with E-state index in [1.165, 1.54) is 12.1 Å². The van der Waals surface area contributed by atoms with E-state index >= 15 is 0 Å². The average Bonchev–Trinajstić information content (AvgIpc) is 2.20. The van der Waals surface area contributed by atoms with Crippen LogP contribution in [0.1, 0.15) is 16.8 Å². The Balaban J connectivity index is 2.56. The second-order valence-corrected chi connectivity index (χ2v) is 4.21. The smallest absolute Gasteiger partial charge is 0.390 e. The second-order valence-electron chi connectivity index (χ2n) is 3.36. The highest BCUT2D eigenvalue weighted by atomic mass is 79.9. The quantitative estimate of drug-likeness (QED) is 0.843.